The van der Waals surface area contributed by atoms with Gasteiger partial charge in [0.05, 0.1) is 0 Å². The van der Waals surface area contributed by atoms with Crippen LogP contribution in [0.15, 0.2) is 170 Å². The predicted octanol–water partition coefficient (Wildman–Crippen LogP) is 14.8. The van der Waals surface area contributed by atoms with Crippen molar-refractivity contribution in [3.8, 4) is 33.4 Å². The lowest BCUT2D eigenvalue weighted by atomic mass is 9.79. The van der Waals surface area contributed by atoms with Gasteiger partial charge in [-0.3, -0.25) is 0 Å². The topological polar surface area (TPSA) is 0 Å². The SMILES string of the molecule is CC1(C)c2cc(-c3c4ccccc4c(-c4ccc5ccc6cccc7ccc4c5c67)c4c3ccc3ccccc34)ccc2-c2cc3ccccc3cc21. The van der Waals surface area contributed by atoms with Crippen LogP contribution in [-0.2, 0) is 5.41 Å². The maximum Gasteiger partial charge on any atom is 0.0159 e. The molecule has 0 amide bonds. The molecule has 11 aromatic rings. The van der Waals surface area contributed by atoms with Gasteiger partial charge in [0.1, 0.15) is 0 Å². The fourth-order valence-electron chi connectivity index (χ4n) is 10.1. The van der Waals surface area contributed by atoms with Crippen molar-refractivity contribution in [2.45, 2.75) is 19.3 Å². The molecule has 12 rings (SSSR count). The smallest absolute Gasteiger partial charge is 0.0159 e. The fraction of sp³-hybridized carbons (Fsp3) is 0.0566. The monoisotopic (exact) mass is 670 g/mol. The van der Waals surface area contributed by atoms with Crippen LogP contribution in [0.4, 0.5) is 0 Å². The molecule has 0 fully saturated rings. The number of rotatable bonds is 2. The molecular formula is C53H34. The Balaban J connectivity index is 1.20. The molecule has 0 spiro atoms. The summed E-state index contributed by atoms with van der Waals surface area (Å²) < 4.78 is 0. The highest BCUT2D eigenvalue weighted by atomic mass is 14.4. The Hall–Kier alpha value is -6.50. The summed E-state index contributed by atoms with van der Waals surface area (Å²) in [6, 6.07) is 64.3. The van der Waals surface area contributed by atoms with E-state index in [4.69, 9.17) is 0 Å². The summed E-state index contributed by atoms with van der Waals surface area (Å²) in [6.45, 7) is 4.80. The first kappa shape index (κ1) is 29.1. The molecular weight excluding hydrogens is 637 g/mol. The van der Waals surface area contributed by atoms with Crippen LogP contribution in [0, 0.1) is 0 Å². The van der Waals surface area contributed by atoms with E-state index in [0.717, 1.165) is 0 Å². The van der Waals surface area contributed by atoms with E-state index in [9.17, 15) is 0 Å². The van der Waals surface area contributed by atoms with Crippen molar-refractivity contribution in [2.75, 3.05) is 0 Å². The average Bonchev–Trinajstić information content (AvgIpc) is 3.42. The first-order valence-corrected chi connectivity index (χ1v) is 18.8. The molecule has 53 heavy (non-hydrogen) atoms. The Morgan fingerprint density at radius 3 is 1.64 bits per heavy atom. The minimum absolute atomic E-state index is 0.120. The summed E-state index contributed by atoms with van der Waals surface area (Å²) in [4.78, 5) is 0. The van der Waals surface area contributed by atoms with Gasteiger partial charge in [-0.2, -0.15) is 0 Å². The summed E-state index contributed by atoms with van der Waals surface area (Å²) in [6.07, 6.45) is 0. The van der Waals surface area contributed by atoms with Crippen molar-refractivity contribution >= 4 is 75.4 Å². The van der Waals surface area contributed by atoms with Crippen LogP contribution in [0.1, 0.15) is 25.0 Å². The molecule has 0 unspecified atom stereocenters. The van der Waals surface area contributed by atoms with Gasteiger partial charge in [0.2, 0.25) is 0 Å². The lowest BCUT2D eigenvalue weighted by Gasteiger charge is -2.24. The molecule has 0 saturated carbocycles. The van der Waals surface area contributed by atoms with Gasteiger partial charge in [-0.1, -0.05) is 166 Å². The van der Waals surface area contributed by atoms with E-state index in [2.05, 4.69) is 184 Å². The molecule has 0 aliphatic heterocycles. The third-order valence-corrected chi connectivity index (χ3v) is 12.5. The minimum Gasteiger partial charge on any atom is -0.0616 e. The molecule has 11 aromatic carbocycles. The van der Waals surface area contributed by atoms with Crippen molar-refractivity contribution in [1.82, 2.24) is 0 Å². The third-order valence-electron chi connectivity index (χ3n) is 12.5. The lowest BCUT2D eigenvalue weighted by Crippen LogP contribution is -2.15. The van der Waals surface area contributed by atoms with Crippen LogP contribution in [0.25, 0.3) is 109 Å². The molecule has 1 aliphatic rings. The van der Waals surface area contributed by atoms with Crippen LogP contribution in [-0.4, -0.2) is 0 Å². The number of fused-ring (bicyclic) bond motifs is 8. The van der Waals surface area contributed by atoms with Gasteiger partial charge in [-0.15, -0.1) is 0 Å². The van der Waals surface area contributed by atoms with Crippen molar-refractivity contribution < 1.29 is 0 Å². The standard InChI is InChI=1S/C53H34/c1-53(2)46-30-37(23-24-39(46)45-28-35-11-3-4-12-36(35)29-47(45)53)49-40-16-7-8-17-41(40)52(51-38-15-6-5-10-31(38)20-27-44(49)51)43-26-22-34-19-18-32-13-9-14-33-21-25-42(43)50(34)48(32)33/h3-30H,1-2H3. The van der Waals surface area contributed by atoms with Crippen molar-refractivity contribution in [3.63, 3.8) is 0 Å². The van der Waals surface area contributed by atoms with Crippen molar-refractivity contribution in [1.29, 1.82) is 0 Å². The maximum absolute atomic E-state index is 2.51. The molecule has 0 saturated heterocycles. The second kappa shape index (κ2) is 10.3. The first-order valence-electron chi connectivity index (χ1n) is 18.8. The molecule has 246 valence electrons. The molecule has 0 heteroatoms. The Morgan fingerprint density at radius 1 is 0.302 bits per heavy atom. The zero-order valence-corrected chi connectivity index (χ0v) is 29.7. The van der Waals surface area contributed by atoms with E-state index in [1.165, 1.54) is 120 Å². The van der Waals surface area contributed by atoms with Crippen LogP contribution < -0.4 is 0 Å². The van der Waals surface area contributed by atoms with E-state index in [1.54, 1.807) is 0 Å². The highest BCUT2D eigenvalue weighted by Gasteiger charge is 2.36. The molecule has 0 atom stereocenters. The summed E-state index contributed by atoms with van der Waals surface area (Å²) in [5.74, 6) is 0. The van der Waals surface area contributed by atoms with E-state index in [1.807, 2.05) is 0 Å². The highest BCUT2D eigenvalue weighted by Crippen LogP contribution is 2.53. The molecule has 1 aliphatic carbocycles. The van der Waals surface area contributed by atoms with Crippen LogP contribution in [0.5, 0.6) is 0 Å². The summed E-state index contributed by atoms with van der Waals surface area (Å²) in [5, 5.41) is 18.2. The van der Waals surface area contributed by atoms with Gasteiger partial charge < -0.3 is 0 Å². The normalized spacial score (nSPS) is 13.6. The highest BCUT2D eigenvalue weighted by molar-refractivity contribution is 6.32. The second-order valence-electron chi connectivity index (χ2n) is 15.6. The van der Waals surface area contributed by atoms with Gasteiger partial charge in [-0.25, -0.2) is 0 Å². The molecule has 0 N–H and O–H groups in total. The Kier molecular flexibility index (Phi) is 5.66. The molecule has 0 radical (unpaired) electrons. The fourth-order valence-corrected chi connectivity index (χ4v) is 10.1. The van der Waals surface area contributed by atoms with Gasteiger partial charge in [-0.05, 0) is 138 Å². The van der Waals surface area contributed by atoms with Gasteiger partial charge in [0, 0.05) is 5.41 Å². The van der Waals surface area contributed by atoms with Crippen LogP contribution in [0.2, 0.25) is 0 Å². The zero-order valence-electron chi connectivity index (χ0n) is 29.7. The number of hydrogen-bond donors (Lipinski definition) is 0. The first-order chi connectivity index (χ1) is 26.0. The van der Waals surface area contributed by atoms with Crippen molar-refractivity contribution in [2.24, 2.45) is 0 Å². The largest absolute Gasteiger partial charge is 0.0616 e. The Morgan fingerprint density at radius 2 is 0.849 bits per heavy atom. The summed E-state index contributed by atoms with van der Waals surface area (Å²) in [5.41, 5.74) is 10.6. The van der Waals surface area contributed by atoms with E-state index in [0.29, 0.717) is 0 Å². The van der Waals surface area contributed by atoms with Gasteiger partial charge >= 0.3 is 0 Å². The predicted molar refractivity (Wildman–Crippen MR) is 229 cm³/mol. The van der Waals surface area contributed by atoms with E-state index < -0.39 is 0 Å². The molecule has 0 aromatic heterocycles. The van der Waals surface area contributed by atoms with Crippen LogP contribution in [0.3, 0.4) is 0 Å². The number of hydrogen-bond acceptors (Lipinski definition) is 0. The van der Waals surface area contributed by atoms with E-state index >= 15 is 0 Å². The third kappa shape index (κ3) is 3.85. The minimum atomic E-state index is -0.120. The quantitative estimate of drug-likeness (QED) is 0.127. The molecule has 0 nitrogen and oxygen atoms in total. The van der Waals surface area contributed by atoms with Gasteiger partial charge in [0.15, 0.2) is 0 Å². The van der Waals surface area contributed by atoms with Crippen LogP contribution >= 0.6 is 0 Å². The Bertz CT molecular complexity index is 3340. The Labute approximate surface area is 307 Å². The number of benzene rings is 11. The maximum atomic E-state index is 2.51. The average molecular weight is 671 g/mol. The summed E-state index contributed by atoms with van der Waals surface area (Å²) in [7, 11) is 0. The second-order valence-corrected chi connectivity index (χ2v) is 15.6. The molecule has 0 heterocycles. The zero-order chi connectivity index (χ0) is 35.0. The summed E-state index contributed by atoms with van der Waals surface area (Å²) >= 11 is 0. The lowest BCUT2D eigenvalue weighted by molar-refractivity contribution is 0.661. The van der Waals surface area contributed by atoms with Crippen molar-refractivity contribution in [3.05, 3.63) is 181 Å². The molecule has 0 bridgehead atoms. The van der Waals surface area contributed by atoms with E-state index in [-0.39, 0.29) is 5.41 Å². The van der Waals surface area contributed by atoms with Gasteiger partial charge in [0.25, 0.3) is 0 Å².